The van der Waals surface area contributed by atoms with Gasteiger partial charge >= 0.3 is 0 Å². The van der Waals surface area contributed by atoms with Gasteiger partial charge in [-0.05, 0) is 50.3 Å². The minimum absolute atomic E-state index is 0.0234. The third kappa shape index (κ3) is 5.13. The van der Waals surface area contributed by atoms with Crippen LogP contribution in [-0.2, 0) is 23.2 Å². The summed E-state index contributed by atoms with van der Waals surface area (Å²) in [5.74, 6) is -0.105. The zero-order chi connectivity index (χ0) is 21.7. The molecule has 30 heavy (non-hydrogen) atoms. The topological polar surface area (TPSA) is 45.6 Å². The smallest absolute Gasteiger partial charge is 0.242 e. The highest BCUT2D eigenvalue weighted by Gasteiger charge is 2.36. The number of aromatic nitrogens is 1. The van der Waals surface area contributed by atoms with Gasteiger partial charge in [0.1, 0.15) is 6.54 Å². The summed E-state index contributed by atoms with van der Waals surface area (Å²) in [7, 11) is 2.01. The van der Waals surface area contributed by atoms with Gasteiger partial charge in [0, 0.05) is 31.0 Å². The number of amides is 2. The molecule has 2 amide bonds. The lowest BCUT2D eigenvalue weighted by Crippen LogP contribution is -2.48. The minimum atomic E-state index is -0.213. The van der Waals surface area contributed by atoms with Crippen molar-refractivity contribution in [2.24, 2.45) is 7.05 Å². The average molecular weight is 410 g/mol. The molecule has 0 radical (unpaired) electrons. The van der Waals surface area contributed by atoms with Crippen molar-refractivity contribution >= 4 is 11.8 Å². The second kappa shape index (κ2) is 9.96. The Kier molecular flexibility index (Phi) is 7.35. The fourth-order valence-electron chi connectivity index (χ4n) is 3.99. The van der Waals surface area contributed by atoms with Gasteiger partial charge < -0.3 is 14.4 Å². The van der Waals surface area contributed by atoms with E-state index in [2.05, 4.69) is 17.6 Å². The van der Waals surface area contributed by atoms with Crippen molar-refractivity contribution in [2.45, 2.75) is 71.0 Å². The number of hydrogen-bond acceptors (Lipinski definition) is 2. The Labute approximate surface area is 180 Å². The highest BCUT2D eigenvalue weighted by atomic mass is 16.2. The predicted octanol–water partition coefficient (Wildman–Crippen LogP) is 4.34. The van der Waals surface area contributed by atoms with E-state index < -0.39 is 0 Å². The van der Waals surface area contributed by atoms with Crippen molar-refractivity contribution in [3.63, 3.8) is 0 Å². The van der Waals surface area contributed by atoms with E-state index in [1.165, 1.54) is 0 Å². The molecule has 162 valence electrons. The number of carbonyl (C=O) groups excluding carboxylic acids is 2. The summed E-state index contributed by atoms with van der Waals surface area (Å²) < 4.78 is 2.06. The summed E-state index contributed by atoms with van der Waals surface area (Å²) in [5, 5.41) is 0. The van der Waals surface area contributed by atoms with Crippen molar-refractivity contribution in [1.29, 1.82) is 0 Å². The zero-order valence-corrected chi connectivity index (χ0v) is 18.8. The van der Waals surface area contributed by atoms with Crippen LogP contribution in [0.15, 0.2) is 48.7 Å². The van der Waals surface area contributed by atoms with Crippen molar-refractivity contribution in [3.05, 3.63) is 59.9 Å². The first-order valence-corrected chi connectivity index (χ1v) is 11.2. The van der Waals surface area contributed by atoms with E-state index in [4.69, 9.17) is 0 Å². The van der Waals surface area contributed by atoms with Crippen LogP contribution in [0, 0.1) is 0 Å². The van der Waals surface area contributed by atoms with Crippen LogP contribution in [0.3, 0.4) is 0 Å². The Morgan fingerprint density at radius 1 is 1.07 bits per heavy atom. The van der Waals surface area contributed by atoms with Gasteiger partial charge in [0.15, 0.2) is 0 Å². The van der Waals surface area contributed by atoms with Crippen molar-refractivity contribution < 1.29 is 9.59 Å². The molecule has 0 bridgehead atoms. The van der Waals surface area contributed by atoms with Crippen LogP contribution in [0.5, 0.6) is 0 Å². The first kappa shape index (κ1) is 22.1. The molecule has 5 nitrogen and oxygen atoms in total. The fourth-order valence-corrected chi connectivity index (χ4v) is 3.99. The number of carbonyl (C=O) groups is 2. The lowest BCUT2D eigenvalue weighted by atomic mass is 9.94. The quantitative estimate of drug-likeness (QED) is 0.586. The predicted molar refractivity (Wildman–Crippen MR) is 120 cm³/mol. The monoisotopic (exact) mass is 409 g/mol. The van der Waals surface area contributed by atoms with E-state index in [0.717, 1.165) is 36.9 Å². The third-order valence-corrected chi connectivity index (χ3v) is 6.31. The maximum absolute atomic E-state index is 13.5. The lowest BCUT2D eigenvalue weighted by Gasteiger charge is -2.34. The van der Waals surface area contributed by atoms with Crippen LogP contribution < -0.4 is 0 Å². The highest BCUT2D eigenvalue weighted by Crippen LogP contribution is 2.29. The standard InChI is InChI=1S/C25H35N3O2/c1-5-19(3)27(25(30)23(6-2)20-11-8-7-9-12-20)18-24(29)28(21-14-15-21)17-22-13-10-16-26(22)4/h7-13,16,19,21,23H,5-6,14-15,17-18H2,1-4H3/t19-,23+/m1/s1. The average Bonchev–Trinajstić information content (AvgIpc) is 3.52. The van der Waals surface area contributed by atoms with Gasteiger partial charge in [-0.25, -0.2) is 0 Å². The number of nitrogens with zero attached hydrogens (tertiary/aromatic N) is 3. The SMILES string of the molecule is CC[C@H](C(=O)N(CC(=O)N(Cc1cccn1C)C1CC1)[C@H](C)CC)c1ccccc1. The van der Waals surface area contributed by atoms with Gasteiger partial charge in [0.05, 0.1) is 12.5 Å². The van der Waals surface area contributed by atoms with Crippen LogP contribution in [0.2, 0.25) is 0 Å². The molecule has 1 aliphatic carbocycles. The van der Waals surface area contributed by atoms with Crippen molar-refractivity contribution in [1.82, 2.24) is 14.4 Å². The molecule has 1 heterocycles. The molecule has 2 atom stereocenters. The maximum Gasteiger partial charge on any atom is 0.242 e. The molecule has 5 heteroatoms. The van der Waals surface area contributed by atoms with Gasteiger partial charge in [-0.3, -0.25) is 9.59 Å². The highest BCUT2D eigenvalue weighted by molar-refractivity contribution is 5.89. The van der Waals surface area contributed by atoms with E-state index in [0.29, 0.717) is 12.6 Å². The van der Waals surface area contributed by atoms with Crippen molar-refractivity contribution in [2.75, 3.05) is 6.54 Å². The summed E-state index contributed by atoms with van der Waals surface area (Å²) >= 11 is 0. The molecule has 3 rings (SSSR count). The van der Waals surface area contributed by atoms with Gasteiger partial charge in [-0.15, -0.1) is 0 Å². The largest absolute Gasteiger partial charge is 0.353 e. The van der Waals surface area contributed by atoms with Gasteiger partial charge in [-0.2, -0.15) is 0 Å². The Morgan fingerprint density at radius 3 is 2.30 bits per heavy atom. The second-order valence-electron chi connectivity index (χ2n) is 8.46. The molecule has 1 saturated carbocycles. The lowest BCUT2D eigenvalue weighted by molar-refractivity contribution is -0.144. The number of benzene rings is 1. The van der Waals surface area contributed by atoms with E-state index >= 15 is 0 Å². The number of hydrogen-bond donors (Lipinski definition) is 0. The Bertz CT molecular complexity index is 841. The Hall–Kier alpha value is -2.56. The summed E-state index contributed by atoms with van der Waals surface area (Å²) in [6, 6.07) is 14.3. The Morgan fingerprint density at radius 2 is 1.77 bits per heavy atom. The summed E-state index contributed by atoms with van der Waals surface area (Å²) in [5.41, 5.74) is 2.14. The molecule has 1 aromatic carbocycles. The summed E-state index contributed by atoms with van der Waals surface area (Å²) in [6.45, 7) is 6.91. The molecule has 1 aromatic heterocycles. The molecule has 0 saturated heterocycles. The van der Waals surface area contributed by atoms with E-state index in [1.54, 1.807) is 0 Å². The number of aryl methyl sites for hydroxylation is 1. The molecule has 0 aliphatic heterocycles. The Balaban J connectivity index is 1.78. The summed E-state index contributed by atoms with van der Waals surface area (Å²) in [4.78, 5) is 30.7. The second-order valence-corrected chi connectivity index (χ2v) is 8.46. The first-order valence-electron chi connectivity index (χ1n) is 11.2. The molecule has 2 aromatic rings. The van der Waals surface area contributed by atoms with Gasteiger partial charge in [-0.1, -0.05) is 44.2 Å². The fraction of sp³-hybridized carbons (Fsp3) is 0.520. The zero-order valence-electron chi connectivity index (χ0n) is 18.8. The molecule has 1 fully saturated rings. The van der Waals surface area contributed by atoms with Gasteiger partial charge in [0.25, 0.3) is 0 Å². The third-order valence-electron chi connectivity index (χ3n) is 6.31. The molecular weight excluding hydrogens is 374 g/mol. The number of rotatable bonds is 10. The molecule has 0 unspecified atom stereocenters. The van der Waals surface area contributed by atoms with Crippen LogP contribution in [0.4, 0.5) is 0 Å². The van der Waals surface area contributed by atoms with Crippen LogP contribution in [0.25, 0.3) is 0 Å². The van der Waals surface area contributed by atoms with Crippen molar-refractivity contribution in [3.8, 4) is 0 Å². The van der Waals surface area contributed by atoms with E-state index in [1.807, 2.05) is 73.3 Å². The van der Waals surface area contributed by atoms with Crippen LogP contribution in [0.1, 0.15) is 63.6 Å². The summed E-state index contributed by atoms with van der Waals surface area (Å²) in [6.07, 6.45) is 5.65. The van der Waals surface area contributed by atoms with Crippen LogP contribution in [-0.4, -0.2) is 44.8 Å². The van der Waals surface area contributed by atoms with Crippen LogP contribution >= 0.6 is 0 Å². The van der Waals surface area contributed by atoms with E-state index in [-0.39, 0.29) is 30.3 Å². The van der Waals surface area contributed by atoms with Gasteiger partial charge in [0.2, 0.25) is 11.8 Å². The maximum atomic E-state index is 13.5. The van der Waals surface area contributed by atoms with E-state index in [9.17, 15) is 9.59 Å². The molecule has 1 aliphatic rings. The molecule has 0 spiro atoms. The normalized spacial score (nSPS) is 15.5. The molecule has 0 N–H and O–H groups in total. The minimum Gasteiger partial charge on any atom is -0.353 e. The first-order chi connectivity index (χ1) is 14.5. The molecular formula is C25H35N3O2.